The fourth-order valence-corrected chi connectivity index (χ4v) is 2.14. The predicted octanol–water partition coefficient (Wildman–Crippen LogP) is 4.63. The topological polar surface area (TPSA) is 66.9 Å². The molecule has 5 nitrogen and oxygen atoms in total. The lowest BCUT2D eigenvalue weighted by Crippen LogP contribution is -2.15. The first kappa shape index (κ1) is 18.3. The molecule has 9 heteroatoms. The van der Waals surface area contributed by atoms with E-state index >= 15 is 0 Å². The summed E-state index contributed by atoms with van der Waals surface area (Å²) in [7, 11) is 0. The van der Waals surface area contributed by atoms with E-state index in [1.807, 2.05) is 0 Å². The number of nitrogens with zero attached hydrogens (tertiary/aromatic N) is 2. The smallest absolute Gasteiger partial charge is 0.339 e. The molecule has 0 aliphatic rings. The fraction of sp³-hybridized carbons (Fsp3) is 0.0556. The molecule has 1 heterocycles. The monoisotopic (exact) mass is 376 g/mol. The number of aromatic nitrogens is 2. The van der Waals surface area contributed by atoms with Crippen molar-refractivity contribution < 1.29 is 22.4 Å². The van der Waals surface area contributed by atoms with E-state index < -0.39 is 17.6 Å². The Morgan fingerprint density at radius 3 is 2.00 bits per heavy atom. The summed E-state index contributed by atoms with van der Waals surface area (Å²) in [5.41, 5.74) is -0.0352. The van der Waals surface area contributed by atoms with Gasteiger partial charge in [0.1, 0.15) is 5.82 Å². The summed E-state index contributed by atoms with van der Waals surface area (Å²) in [4.78, 5) is 12.1. The highest BCUT2D eigenvalue weighted by Gasteiger charge is 2.30. The Bertz CT molecular complexity index is 924. The third kappa shape index (κ3) is 4.78. The van der Waals surface area contributed by atoms with Crippen LogP contribution in [0.4, 0.5) is 34.8 Å². The maximum Gasteiger partial charge on any atom is 0.416 e. The molecule has 27 heavy (non-hydrogen) atoms. The zero-order chi connectivity index (χ0) is 19.4. The van der Waals surface area contributed by atoms with Crippen molar-refractivity contribution in [3.63, 3.8) is 0 Å². The third-order valence-corrected chi connectivity index (χ3v) is 3.48. The number of amides is 1. The summed E-state index contributed by atoms with van der Waals surface area (Å²) in [5, 5.41) is 12.9. The average Bonchev–Trinajstić information content (AvgIpc) is 2.64. The van der Waals surface area contributed by atoms with Gasteiger partial charge in [-0.25, -0.2) is 4.39 Å². The second-order valence-electron chi connectivity index (χ2n) is 5.46. The molecule has 0 atom stereocenters. The number of halogens is 4. The second kappa shape index (κ2) is 7.40. The Balaban J connectivity index is 1.64. The fourth-order valence-electron chi connectivity index (χ4n) is 2.14. The number of carbonyl (C=O) groups excluding carboxylic acids is 1. The Labute approximate surface area is 151 Å². The molecule has 0 aliphatic heterocycles. The van der Waals surface area contributed by atoms with E-state index in [4.69, 9.17) is 0 Å². The van der Waals surface area contributed by atoms with Gasteiger partial charge in [-0.15, -0.1) is 10.2 Å². The quantitative estimate of drug-likeness (QED) is 0.652. The molecule has 3 rings (SSSR count). The molecule has 0 unspecified atom stereocenters. The summed E-state index contributed by atoms with van der Waals surface area (Å²) in [6.45, 7) is 0. The van der Waals surface area contributed by atoms with Crippen LogP contribution in [0, 0.1) is 5.82 Å². The number of hydrogen-bond donors (Lipinski definition) is 2. The minimum atomic E-state index is -4.44. The number of hydrogen-bond acceptors (Lipinski definition) is 4. The van der Waals surface area contributed by atoms with Crippen LogP contribution in [0.1, 0.15) is 16.1 Å². The lowest BCUT2D eigenvalue weighted by molar-refractivity contribution is -0.137. The largest absolute Gasteiger partial charge is 0.416 e. The van der Waals surface area contributed by atoms with E-state index in [1.54, 1.807) is 0 Å². The molecule has 2 aromatic carbocycles. The van der Waals surface area contributed by atoms with Crippen molar-refractivity contribution in [1.82, 2.24) is 10.2 Å². The van der Waals surface area contributed by atoms with Crippen molar-refractivity contribution in [3.05, 3.63) is 77.7 Å². The number of carbonyl (C=O) groups is 1. The molecule has 138 valence electrons. The summed E-state index contributed by atoms with van der Waals surface area (Å²) in [5.74, 6) is -0.648. The van der Waals surface area contributed by atoms with E-state index in [2.05, 4.69) is 20.8 Å². The van der Waals surface area contributed by atoms with Crippen LogP contribution < -0.4 is 10.6 Å². The molecule has 2 N–H and O–H groups in total. The van der Waals surface area contributed by atoms with Crippen molar-refractivity contribution in [2.75, 3.05) is 10.6 Å². The molecule has 0 spiro atoms. The number of nitrogens with one attached hydrogen (secondary N) is 2. The van der Waals surface area contributed by atoms with E-state index in [0.29, 0.717) is 11.5 Å². The van der Waals surface area contributed by atoms with Gasteiger partial charge in [-0.1, -0.05) is 0 Å². The van der Waals surface area contributed by atoms with Gasteiger partial charge in [-0.3, -0.25) is 4.79 Å². The van der Waals surface area contributed by atoms with Crippen LogP contribution in [0.15, 0.2) is 60.7 Å². The Morgan fingerprint density at radius 1 is 0.815 bits per heavy atom. The van der Waals surface area contributed by atoms with E-state index in [-0.39, 0.29) is 17.2 Å². The zero-order valence-electron chi connectivity index (χ0n) is 13.6. The molecule has 0 bridgehead atoms. The van der Waals surface area contributed by atoms with Gasteiger partial charge in [0, 0.05) is 11.4 Å². The normalized spacial score (nSPS) is 11.1. The van der Waals surface area contributed by atoms with Gasteiger partial charge in [0.05, 0.1) is 5.56 Å². The van der Waals surface area contributed by atoms with E-state index in [9.17, 15) is 22.4 Å². The van der Waals surface area contributed by atoms with Gasteiger partial charge >= 0.3 is 6.18 Å². The van der Waals surface area contributed by atoms with E-state index in [0.717, 1.165) is 24.3 Å². The number of benzene rings is 2. The first-order chi connectivity index (χ1) is 12.8. The van der Waals surface area contributed by atoms with Gasteiger partial charge in [0.15, 0.2) is 11.5 Å². The van der Waals surface area contributed by atoms with Crippen molar-refractivity contribution in [2.45, 2.75) is 6.18 Å². The van der Waals surface area contributed by atoms with Crippen LogP contribution in [0.25, 0.3) is 0 Å². The first-order valence-corrected chi connectivity index (χ1v) is 7.66. The van der Waals surface area contributed by atoms with Gasteiger partial charge in [0.25, 0.3) is 5.91 Å². The van der Waals surface area contributed by atoms with Gasteiger partial charge in [0.2, 0.25) is 0 Å². The van der Waals surface area contributed by atoms with Gasteiger partial charge in [-0.05, 0) is 60.7 Å². The number of anilines is 3. The SMILES string of the molecule is O=C(Nc1ccc(C(F)(F)F)cc1)c1ccc(Nc2ccc(F)cc2)nn1. The minimum absolute atomic E-state index is 0.0143. The van der Waals surface area contributed by atoms with Crippen LogP contribution in [-0.4, -0.2) is 16.1 Å². The maximum absolute atomic E-state index is 12.9. The standard InChI is InChI=1S/C18H12F4N4O/c19-12-3-7-13(8-4-12)23-16-10-9-15(25-26-16)17(27)24-14-5-1-11(2-6-14)18(20,21)22/h1-10H,(H,23,26)(H,24,27). The van der Waals surface area contributed by atoms with Crippen LogP contribution in [0.5, 0.6) is 0 Å². The summed E-state index contributed by atoms with van der Waals surface area (Å²) in [6, 6.07) is 12.5. The van der Waals surface area contributed by atoms with Crippen LogP contribution in [0.2, 0.25) is 0 Å². The Morgan fingerprint density at radius 2 is 1.44 bits per heavy atom. The minimum Gasteiger partial charge on any atom is -0.339 e. The molecule has 0 fully saturated rings. The number of rotatable bonds is 4. The van der Waals surface area contributed by atoms with Crippen molar-refractivity contribution in [3.8, 4) is 0 Å². The highest BCUT2D eigenvalue weighted by molar-refractivity contribution is 6.02. The summed E-state index contributed by atoms with van der Waals surface area (Å²) in [6.07, 6.45) is -4.44. The number of alkyl halides is 3. The van der Waals surface area contributed by atoms with Gasteiger partial charge < -0.3 is 10.6 Å². The molecular weight excluding hydrogens is 364 g/mol. The highest BCUT2D eigenvalue weighted by atomic mass is 19.4. The van der Waals surface area contributed by atoms with Crippen molar-refractivity contribution >= 4 is 23.1 Å². The highest BCUT2D eigenvalue weighted by Crippen LogP contribution is 2.29. The lowest BCUT2D eigenvalue weighted by atomic mass is 10.2. The molecule has 0 radical (unpaired) electrons. The Kier molecular flexibility index (Phi) is 5.02. The lowest BCUT2D eigenvalue weighted by Gasteiger charge is -2.09. The van der Waals surface area contributed by atoms with Crippen molar-refractivity contribution in [2.24, 2.45) is 0 Å². The van der Waals surface area contributed by atoms with Crippen LogP contribution in [0.3, 0.4) is 0 Å². The molecule has 3 aromatic rings. The summed E-state index contributed by atoms with van der Waals surface area (Å²) < 4.78 is 50.5. The Hall–Kier alpha value is -3.49. The first-order valence-electron chi connectivity index (χ1n) is 7.66. The molecule has 1 amide bonds. The molecular formula is C18H12F4N4O. The molecule has 0 aliphatic carbocycles. The maximum atomic E-state index is 12.9. The van der Waals surface area contributed by atoms with Crippen LogP contribution >= 0.6 is 0 Å². The predicted molar refractivity (Wildman–Crippen MR) is 91.1 cm³/mol. The third-order valence-electron chi connectivity index (χ3n) is 3.48. The average molecular weight is 376 g/mol. The van der Waals surface area contributed by atoms with Crippen molar-refractivity contribution in [1.29, 1.82) is 0 Å². The summed E-state index contributed by atoms with van der Waals surface area (Å²) >= 11 is 0. The molecule has 1 aromatic heterocycles. The van der Waals surface area contributed by atoms with Gasteiger partial charge in [-0.2, -0.15) is 13.2 Å². The van der Waals surface area contributed by atoms with E-state index in [1.165, 1.54) is 36.4 Å². The molecule has 0 saturated heterocycles. The zero-order valence-corrected chi connectivity index (χ0v) is 13.6. The molecule has 0 saturated carbocycles. The van der Waals surface area contributed by atoms with Crippen LogP contribution in [-0.2, 0) is 6.18 Å². The second-order valence-corrected chi connectivity index (χ2v) is 5.46.